The molecule has 35 heavy (non-hydrogen) atoms. The van der Waals surface area contributed by atoms with Gasteiger partial charge in [-0.3, -0.25) is 4.90 Å². The van der Waals surface area contributed by atoms with Crippen LogP contribution in [0.2, 0.25) is 0 Å². The Morgan fingerprint density at radius 2 is 1.77 bits per heavy atom. The molecule has 1 aliphatic heterocycles. The normalized spacial score (nSPS) is 14.6. The van der Waals surface area contributed by atoms with Crippen molar-refractivity contribution in [1.82, 2.24) is 14.8 Å². The smallest absolute Gasteiger partial charge is 0.340 e. The molecule has 192 valence electrons. The van der Waals surface area contributed by atoms with Crippen LogP contribution in [0.5, 0.6) is 5.75 Å². The number of piperazine rings is 1. The molecular formula is C26H35Cl2N3O4. The number of esters is 1. The second kappa shape index (κ2) is 13.1. The van der Waals surface area contributed by atoms with E-state index in [0.717, 1.165) is 48.5 Å². The molecule has 1 aromatic heterocycles. The molecule has 0 aliphatic carbocycles. The van der Waals surface area contributed by atoms with Crippen molar-refractivity contribution < 1.29 is 19.4 Å². The molecule has 2 heterocycles. The van der Waals surface area contributed by atoms with Crippen LogP contribution in [0.15, 0.2) is 42.5 Å². The topological polar surface area (TPSA) is 76.0 Å². The molecule has 1 saturated heterocycles. The summed E-state index contributed by atoms with van der Waals surface area (Å²) in [5.74, 6) is 0.273. The summed E-state index contributed by atoms with van der Waals surface area (Å²) in [7, 11) is 0. The Labute approximate surface area is 219 Å². The number of carbonyl (C=O) groups excluding carboxylic acids is 1. The van der Waals surface area contributed by atoms with Crippen molar-refractivity contribution in [1.29, 1.82) is 0 Å². The molecule has 3 aromatic rings. The third-order valence-electron chi connectivity index (χ3n) is 6.07. The number of hydrogen-bond donors (Lipinski definition) is 2. The van der Waals surface area contributed by atoms with Gasteiger partial charge in [-0.15, -0.1) is 24.8 Å². The minimum Gasteiger partial charge on any atom is -0.491 e. The number of fused-ring (bicyclic) bond motifs is 1. The maximum absolute atomic E-state index is 12.9. The number of carbonyl (C=O) groups is 1. The van der Waals surface area contributed by atoms with Crippen LogP contribution >= 0.6 is 24.8 Å². The predicted octanol–water partition coefficient (Wildman–Crippen LogP) is 3.91. The summed E-state index contributed by atoms with van der Waals surface area (Å²) in [4.78, 5) is 15.1. The van der Waals surface area contributed by atoms with E-state index in [9.17, 15) is 9.90 Å². The van der Waals surface area contributed by atoms with E-state index in [0.29, 0.717) is 24.5 Å². The highest BCUT2D eigenvalue weighted by molar-refractivity contribution is 6.07. The molecule has 7 nitrogen and oxygen atoms in total. The van der Waals surface area contributed by atoms with Gasteiger partial charge in [0.05, 0.1) is 17.7 Å². The molecule has 4 rings (SSSR count). The van der Waals surface area contributed by atoms with Crippen LogP contribution in [0.3, 0.4) is 0 Å². The van der Waals surface area contributed by atoms with E-state index >= 15 is 0 Å². The van der Waals surface area contributed by atoms with Gasteiger partial charge in [0.15, 0.2) is 0 Å². The van der Waals surface area contributed by atoms with Gasteiger partial charge in [0, 0.05) is 49.5 Å². The van der Waals surface area contributed by atoms with Gasteiger partial charge >= 0.3 is 5.97 Å². The van der Waals surface area contributed by atoms with Crippen molar-refractivity contribution in [3.8, 4) is 11.4 Å². The van der Waals surface area contributed by atoms with Crippen LogP contribution in [-0.2, 0) is 4.74 Å². The zero-order chi connectivity index (χ0) is 23.4. The molecule has 0 saturated carbocycles. The molecule has 0 amide bonds. The van der Waals surface area contributed by atoms with E-state index in [2.05, 4.69) is 33.8 Å². The Hall–Kier alpha value is -2.29. The van der Waals surface area contributed by atoms with Gasteiger partial charge in [0.25, 0.3) is 0 Å². The van der Waals surface area contributed by atoms with E-state index in [1.54, 1.807) is 6.92 Å². The molecule has 1 aliphatic rings. The zero-order valence-corrected chi connectivity index (χ0v) is 22.1. The molecule has 1 unspecified atom stereocenters. The monoisotopic (exact) mass is 523 g/mol. The quantitative estimate of drug-likeness (QED) is 0.436. The molecule has 9 heteroatoms. The first-order valence-corrected chi connectivity index (χ1v) is 11.6. The van der Waals surface area contributed by atoms with Crippen molar-refractivity contribution in [2.45, 2.75) is 26.9 Å². The number of β-amino-alcohol motifs (C(OH)–C–C–N with tert-alkyl or cyclic N) is 1. The predicted molar refractivity (Wildman–Crippen MR) is 144 cm³/mol. The number of aliphatic hydroxyl groups is 1. The summed E-state index contributed by atoms with van der Waals surface area (Å²) in [6.07, 6.45) is -0.581. The van der Waals surface area contributed by atoms with Crippen LogP contribution < -0.4 is 10.1 Å². The number of nitrogens with one attached hydrogen (secondary N) is 1. The lowest BCUT2D eigenvalue weighted by Gasteiger charge is -2.29. The number of aliphatic hydroxyl groups excluding tert-OH is 1. The molecule has 0 radical (unpaired) electrons. The maximum Gasteiger partial charge on any atom is 0.340 e. The number of aromatic nitrogens is 1. The van der Waals surface area contributed by atoms with E-state index in [-0.39, 0.29) is 37.4 Å². The summed E-state index contributed by atoms with van der Waals surface area (Å²) >= 11 is 0. The molecule has 1 atom stereocenters. The van der Waals surface area contributed by atoms with Crippen molar-refractivity contribution >= 4 is 41.7 Å². The number of hydrogen-bond acceptors (Lipinski definition) is 6. The Kier molecular flexibility index (Phi) is 10.9. The van der Waals surface area contributed by atoms with Crippen LogP contribution in [0.1, 0.15) is 28.5 Å². The fourth-order valence-corrected chi connectivity index (χ4v) is 4.41. The maximum atomic E-state index is 12.9. The molecule has 1 fully saturated rings. The third-order valence-corrected chi connectivity index (χ3v) is 6.07. The second-order valence-corrected chi connectivity index (χ2v) is 8.55. The van der Waals surface area contributed by atoms with E-state index in [1.807, 2.05) is 37.3 Å². The summed E-state index contributed by atoms with van der Waals surface area (Å²) in [6, 6.07) is 13.9. The van der Waals surface area contributed by atoms with Crippen LogP contribution in [0.25, 0.3) is 16.6 Å². The van der Waals surface area contributed by atoms with Gasteiger partial charge in [-0.1, -0.05) is 17.7 Å². The average Bonchev–Trinajstić information content (AvgIpc) is 3.10. The molecule has 0 spiro atoms. The van der Waals surface area contributed by atoms with Crippen molar-refractivity contribution in [2.75, 3.05) is 45.9 Å². The number of rotatable bonds is 8. The standard InChI is InChI=1S/C26H33N3O4.2ClH/c1-4-32-26(31)25-19(3)29(20-7-5-18(2)6-8-20)24-10-9-22(15-23(24)25)33-17-21(30)16-28-13-11-27-12-14-28;;/h5-10,15,21,27,30H,4,11-14,16-17H2,1-3H3;2*1H. The number of halogens is 2. The first-order valence-electron chi connectivity index (χ1n) is 11.6. The second-order valence-electron chi connectivity index (χ2n) is 8.55. The van der Waals surface area contributed by atoms with Crippen molar-refractivity contribution in [3.63, 3.8) is 0 Å². The number of aryl methyl sites for hydroxylation is 1. The molecular weight excluding hydrogens is 489 g/mol. The lowest BCUT2D eigenvalue weighted by Crippen LogP contribution is -2.47. The highest BCUT2D eigenvalue weighted by atomic mass is 35.5. The van der Waals surface area contributed by atoms with E-state index in [1.165, 1.54) is 5.56 Å². The fraction of sp³-hybridized carbons (Fsp3) is 0.423. The van der Waals surface area contributed by atoms with Gasteiger partial charge < -0.3 is 24.5 Å². The van der Waals surface area contributed by atoms with E-state index < -0.39 is 6.10 Å². The Morgan fingerprint density at radius 1 is 1.09 bits per heavy atom. The lowest BCUT2D eigenvalue weighted by molar-refractivity contribution is 0.0527. The summed E-state index contributed by atoms with van der Waals surface area (Å²) in [5.41, 5.74) is 4.43. The number of nitrogens with zero attached hydrogens (tertiary/aromatic N) is 2. The number of benzene rings is 2. The van der Waals surface area contributed by atoms with Gasteiger partial charge in [0.1, 0.15) is 18.5 Å². The summed E-state index contributed by atoms with van der Waals surface area (Å²) in [6.45, 7) is 10.6. The zero-order valence-electron chi connectivity index (χ0n) is 20.5. The van der Waals surface area contributed by atoms with Crippen molar-refractivity contribution in [3.05, 3.63) is 59.3 Å². The minimum atomic E-state index is -0.581. The van der Waals surface area contributed by atoms with Crippen LogP contribution in [0.4, 0.5) is 0 Å². The van der Waals surface area contributed by atoms with Gasteiger partial charge in [0.2, 0.25) is 0 Å². The molecule has 0 bridgehead atoms. The van der Waals surface area contributed by atoms with E-state index in [4.69, 9.17) is 9.47 Å². The highest BCUT2D eigenvalue weighted by Gasteiger charge is 2.23. The lowest BCUT2D eigenvalue weighted by atomic mass is 10.1. The number of ether oxygens (including phenoxy) is 2. The Balaban J connectivity index is 0.00000216. The van der Waals surface area contributed by atoms with Crippen LogP contribution in [0, 0.1) is 13.8 Å². The van der Waals surface area contributed by atoms with Gasteiger partial charge in [-0.05, 0) is 51.1 Å². The summed E-state index contributed by atoms with van der Waals surface area (Å²) in [5, 5.41) is 14.5. The van der Waals surface area contributed by atoms with Gasteiger partial charge in [-0.25, -0.2) is 4.79 Å². The van der Waals surface area contributed by atoms with Crippen molar-refractivity contribution in [2.24, 2.45) is 0 Å². The first kappa shape index (κ1) is 28.9. The third kappa shape index (κ3) is 6.68. The Morgan fingerprint density at radius 3 is 2.43 bits per heavy atom. The molecule has 2 N–H and O–H groups in total. The van der Waals surface area contributed by atoms with Gasteiger partial charge in [-0.2, -0.15) is 0 Å². The fourth-order valence-electron chi connectivity index (χ4n) is 4.41. The SMILES string of the molecule is CCOC(=O)c1c(C)n(-c2ccc(C)cc2)c2ccc(OCC(O)CN3CCNCC3)cc12.Cl.Cl. The van der Waals surface area contributed by atoms with Crippen LogP contribution in [-0.4, -0.2) is 72.6 Å². The first-order chi connectivity index (χ1) is 16.0. The Bertz CT molecular complexity index is 1110. The minimum absolute atomic E-state index is 0. The molecule has 2 aromatic carbocycles. The highest BCUT2D eigenvalue weighted by Crippen LogP contribution is 2.32. The largest absolute Gasteiger partial charge is 0.491 e. The summed E-state index contributed by atoms with van der Waals surface area (Å²) < 4.78 is 13.4. The average molecular weight is 524 g/mol.